The van der Waals surface area contributed by atoms with E-state index in [0.29, 0.717) is 29.8 Å². The Morgan fingerprint density at radius 3 is 2.76 bits per heavy atom. The van der Waals surface area contributed by atoms with Crippen LogP contribution in [0, 0.1) is 5.82 Å². The van der Waals surface area contributed by atoms with E-state index in [9.17, 15) is 4.39 Å². The fourth-order valence-corrected chi connectivity index (χ4v) is 2.38. The van der Waals surface area contributed by atoms with Crippen LogP contribution >= 0.6 is 11.6 Å². The predicted molar refractivity (Wildman–Crippen MR) is 80.7 cm³/mol. The molecule has 0 spiro atoms. The van der Waals surface area contributed by atoms with Crippen molar-refractivity contribution in [1.82, 2.24) is 4.98 Å². The molecule has 0 saturated carbocycles. The van der Waals surface area contributed by atoms with Gasteiger partial charge in [0.15, 0.2) is 11.5 Å². The Bertz CT molecular complexity index is 719. The second-order valence-corrected chi connectivity index (χ2v) is 5.30. The second kappa shape index (κ2) is 5.84. The lowest BCUT2D eigenvalue weighted by atomic mass is 10.0. The first kappa shape index (κ1) is 14.0. The van der Waals surface area contributed by atoms with Crippen molar-refractivity contribution in [2.75, 3.05) is 0 Å². The van der Waals surface area contributed by atoms with Crippen molar-refractivity contribution in [2.45, 2.75) is 18.9 Å². The molecular formula is C16H14ClFN2O. The van der Waals surface area contributed by atoms with Gasteiger partial charge in [-0.1, -0.05) is 41.9 Å². The van der Waals surface area contributed by atoms with E-state index in [0.717, 1.165) is 5.56 Å². The van der Waals surface area contributed by atoms with E-state index >= 15 is 0 Å². The van der Waals surface area contributed by atoms with Crippen LogP contribution in [0.1, 0.15) is 23.9 Å². The Morgan fingerprint density at radius 1 is 1.24 bits per heavy atom. The molecule has 108 valence electrons. The highest BCUT2D eigenvalue weighted by atomic mass is 35.5. The van der Waals surface area contributed by atoms with Gasteiger partial charge in [0.05, 0.1) is 5.02 Å². The van der Waals surface area contributed by atoms with Crippen molar-refractivity contribution in [1.29, 1.82) is 0 Å². The van der Waals surface area contributed by atoms with Crippen molar-refractivity contribution in [3.05, 3.63) is 64.8 Å². The number of hydrogen-bond donors (Lipinski definition) is 1. The molecule has 5 heteroatoms. The van der Waals surface area contributed by atoms with Crippen molar-refractivity contribution in [3.8, 4) is 0 Å². The molecule has 21 heavy (non-hydrogen) atoms. The molecule has 1 unspecified atom stereocenters. The van der Waals surface area contributed by atoms with Gasteiger partial charge in [-0.2, -0.15) is 0 Å². The molecule has 1 heterocycles. The third-order valence-electron chi connectivity index (χ3n) is 3.37. The van der Waals surface area contributed by atoms with E-state index in [1.807, 2.05) is 30.3 Å². The van der Waals surface area contributed by atoms with Gasteiger partial charge in [0, 0.05) is 18.5 Å². The van der Waals surface area contributed by atoms with Crippen molar-refractivity contribution < 1.29 is 8.81 Å². The molecule has 0 aliphatic rings. The number of aromatic nitrogens is 1. The van der Waals surface area contributed by atoms with Crippen LogP contribution in [0.4, 0.5) is 4.39 Å². The van der Waals surface area contributed by atoms with Crippen LogP contribution in [-0.4, -0.2) is 4.98 Å². The maximum atomic E-state index is 13.4. The van der Waals surface area contributed by atoms with Crippen LogP contribution in [0.25, 0.3) is 11.1 Å². The molecule has 0 bridgehead atoms. The molecule has 3 nitrogen and oxygen atoms in total. The van der Waals surface area contributed by atoms with Crippen LogP contribution in [-0.2, 0) is 6.42 Å². The van der Waals surface area contributed by atoms with Crippen molar-refractivity contribution >= 4 is 22.7 Å². The Balaban J connectivity index is 1.73. The molecule has 3 rings (SSSR count). The number of nitrogens with two attached hydrogens (primary N) is 1. The topological polar surface area (TPSA) is 52.0 Å². The first-order valence-corrected chi connectivity index (χ1v) is 7.06. The highest BCUT2D eigenvalue weighted by Gasteiger charge is 2.12. The average molecular weight is 305 g/mol. The first-order chi connectivity index (χ1) is 10.1. The lowest BCUT2D eigenvalue weighted by Gasteiger charge is -2.09. The summed E-state index contributed by atoms with van der Waals surface area (Å²) in [5, 5.41) is 0.0448. The highest BCUT2D eigenvalue weighted by molar-refractivity contribution is 6.31. The van der Waals surface area contributed by atoms with E-state index in [2.05, 4.69) is 4.98 Å². The number of rotatable bonds is 4. The molecule has 0 amide bonds. The van der Waals surface area contributed by atoms with Crippen LogP contribution in [0.2, 0.25) is 5.02 Å². The van der Waals surface area contributed by atoms with Gasteiger partial charge in [0.1, 0.15) is 11.3 Å². The zero-order chi connectivity index (χ0) is 14.8. The minimum Gasteiger partial charge on any atom is -0.441 e. The number of nitrogens with zero attached hydrogens (tertiary/aromatic N) is 1. The molecule has 1 atom stereocenters. The molecule has 3 aromatic rings. The summed E-state index contributed by atoms with van der Waals surface area (Å²) in [4.78, 5) is 4.31. The molecule has 0 fully saturated rings. The van der Waals surface area contributed by atoms with Gasteiger partial charge in [-0.25, -0.2) is 9.37 Å². The highest BCUT2D eigenvalue weighted by Crippen LogP contribution is 2.24. The monoisotopic (exact) mass is 304 g/mol. The summed E-state index contributed by atoms with van der Waals surface area (Å²) in [5.74, 6) is 0.0332. The first-order valence-electron chi connectivity index (χ1n) is 6.68. The average Bonchev–Trinajstić information content (AvgIpc) is 2.88. The summed E-state index contributed by atoms with van der Waals surface area (Å²) in [5.41, 5.74) is 8.17. The minimum atomic E-state index is -0.507. The van der Waals surface area contributed by atoms with Crippen molar-refractivity contribution in [2.24, 2.45) is 5.73 Å². The summed E-state index contributed by atoms with van der Waals surface area (Å²) in [6, 6.07) is 12.5. The summed E-state index contributed by atoms with van der Waals surface area (Å²) in [6.45, 7) is 0. The van der Waals surface area contributed by atoms with Gasteiger partial charge >= 0.3 is 0 Å². The largest absolute Gasteiger partial charge is 0.441 e. The normalized spacial score (nSPS) is 12.7. The van der Waals surface area contributed by atoms with Crippen LogP contribution in [0.15, 0.2) is 46.9 Å². The van der Waals surface area contributed by atoms with Gasteiger partial charge in [-0.15, -0.1) is 0 Å². The summed E-state index contributed by atoms with van der Waals surface area (Å²) >= 11 is 5.73. The Labute approximate surface area is 126 Å². The molecule has 0 aliphatic heterocycles. The number of aryl methyl sites for hydroxylation is 1. The molecule has 1 aromatic heterocycles. The second-order valence-electron chi connectivity index (χ2n) is 4.90. The Hall–Kier alpha value is -1.91. The number of benzene rings is 2. The Morgan fingerprint density at radius 2 is 2.00 bits per heavy atom. The molecule has 0 saturated heterocycles. The SMILES string of the molecule is NC(CCc1nc2cc(Cl)c(F)cc2o1)c1ccccc1. The third kappa shape index (κ3) is 3.06. The quantitative estimate of drug-likeness (QED) is 0.784. The van der Waals surface area contributed by atoms with Gasteiger partial charge < -0.3 is 10.2 Å². The summed E-state index contributed by atoms with van der Waals surface area (Å²) in [7, 11) is 0. The maximum absolute atomic E-state index is 13.4. The van der Waals surface area contributed by atoms with Gasteiger partial charge in [0.25, 0.3) is 0 Å². The van der Waals surface area contributed by atoms with Crippen molar-refractivity contribution in [3.63, 3.8) is 0 Å². The van der Waals surface area contributed by atoms with Gasteiger partial charge in [-0.3, -0.25) is 0 Å². The molecule has 2 N–H and O–H groups in total. The fourth-order valence-electron chi connectivity index (χ4n) is 2.22. The smallest absolute Gasteiger partial charge is 0.195 e. The predicted octanol–water partition coefficient (Wildman–Crippen LogP) is 4.25. The number of fused-ring (bicyclic) bond motifs is 1. The molecule has 0 aliphatic carbocycles. The molecule has 0 radical (unpaired) electrons. The standard InChI is InChI=1S/C16H14ClFN2O/c17-11-8-14-15(9-12(11)18)21-16(20-14)7-6-13(19)10-4-2-1-3-5-10/h1-5,8-9,13H,6-7,19H2. The van der Waals surface area contributed by atoms with E-state index < -0.39 is 5.82 Å². The van der Waals surface area contributed by atoms with Crippen LogP contribution < -0.4 is 5.73 Å². The zero-order valence-electron chi connectivity index (χ0n) is 11.2. The lowest BCUT2D eigenvalue weighted by Crippen LogP contribution is -2.11. The zero-order valence-corrected chi connectivity index (χ0v) is 12.0. The fraction of sp³-hybridized carbons (Fsp3) is 0.188. The van der Waals surface area contributed by atoms with E-state index in [1.54, 1.807) is 0 Å². The van der Waals surface area contributed by atoms with E-state index in [4.69, 9.17) is 21.8 Å². The maximum Gasteiger partial charge on any atom is 0.195 e. The van der Waals surface area contributed by atoms with Crippen LogP contribution in [0.5, 0.6) is 0 Å². The Kier molecular flexibility index (Phi) is 3.90. The van der Waals surface area contributed by atoms with Gasteiger partial charge in [0.2, 0.25) is 0 Å². The van der Waals surface area contributed by atoms with E-state index in [-0.39, 0.29) is 11.1 Å². The molecule has 2 aromatic carbocycles. The van der Waals surface area contributed by atoms with Gasteiger partial charge in [-0.05, 0) is 18.1 Å². The number of halogens is 2. The molecular weight excluding hydrogens is 291 g/mol. The lowest BCUT2D eigenvalue weighted by molar-refractivity contribution is 0.499. The third-order valence-corrected chi connectivity index (χ3v) is 3.66. The van der Waals surface area contributed by atoms with Crippen LogP contribution in [0.3, 0.4) is 0 Å². The van der Waals surface area contributed by atoms with E-state index in [1.165, 1.54) is 12.1 Å². The summed E-state index contributed by atoms with van der Waals surface area (Å²) < 4.78 is 18.9. The number of oxazole rings is 1. The summed E-state index contributed by atoms with van der Waals surface area (Å²) in [6.07, 6.45) is 1.29. The minimum absolute atomic E-state index is 0.0448. The number of hydrogen-bond acceptors (Lipinski definition) is 3.